The van der Waals surface area contributed by atoms with Crippen molar-refractivity contribution in [2.75, 3.05) is 27.7 Å². The smallest absolute Gasteiger partial charge is 0.306 e. The van der Waals surface area contributed by atoms with Crippen molar-refractivity contribution in [1.82, 2.24) is 0 Å². The maximum Gasteiger partial charge on any atom is 0.306 e. The van der Waals surface area contributed by atoms with Gasteiger partial charge < -0.3 is 19.1 Å². The topological polar surface area (TPSA) is 66.4 Å². The highest BCUT2D eigenvalue weighted by Crippen LogP contribution is 2.13. The molecule has 0 spiro atoms. The molecule has 0 fully saturated rings. The quantitative estimate of drug-likeness (QED) is 0.0698. The van der Waals surface area contributed by atoms with Crippen LogP contribution in [-0.2, 0) is 14.3 Å². The normalized spacial score (nSPS) is 12.8. The van der Waals surface area contributed by atoms with E-state index in [1.165, 1.54) is 89.9 Å². The molecule has 0 N–H and O–H groups in total. The number of carboxylic acids is 1. The zero-order valence-electron chi connectivity index (χ0n) is 23.0. The molecule has 0 bridgehead atoms. The molecule has 0 aromatic carbocycles. The van der Waals surface area contributed by atoms with Gasteiger partial charge in [0.25, 0.3) is 0 Å². The third kappa shape index (κ3) is 25.3. The van der Waals surface area contributed by atoms with Crippen LogP contribution in [0.25, 0.3) is 0 Å². The maximum absolute atomic E-state index is 12.1. The first-order valence-corrected chi connectivity index (χ1v) is 14.1. The third-order valence-corrected chi connectivity index (χ3v) is 6.09. The molecular weight excluding hydrogens is 426 g/mol. The Morgan fingerprint density at radius 2 is 1.18 bits per heavy atom. The molecule has 0 heterocycles. The van der Waals surface area contributed by atoms with Crippen molar-refractivity contribution in [3.63, 3.8) is 0 Å². The van der Waals surface area contributed by atoms with Gasteiger partial charge in [-0.2, -0.15) is 0 Å². The van der Waals surface area contributed by atoms with Crippen molar-refractivity contribution < 1.29 is 23.9 Å². The summed E-state index contributed by atoms with van der Waals surface area (Å²) in [6.07, 6.45) is 25.7. The minimum Gasteiger partial charge on any atom is -0.550 e. The van der Waals surface area contributed by atoms with Crippen molar-refractivity contribution >= 4 is 11.9 Å². The standard InChI is InChI=1S/C29H55NO4/c1-5-6-7-8-9-10-11-12-13-14-15-16-17-18-19-20-21-22-23-24-29(33)34-27(25-28(31)32)26-30(2,3)4/h12-13,27H,5-11,14-26H2,1-4H3/b13-12+/t27-/m1/s1. The number of hydrogen-bond acceptors (Lipinski definition) is 4. The lowest BCUT2D eigenvalue weighted by Gasteiger charge is -2.29. The molecule has 34 heavy (non-hydrogen) atoms. The predicted octanol–water partition coefficient (Wildman–Crippen LogP) is 6.34. The van der Waals surface area contributed by atoms with Crippen LogP contribution >= 0.6 is 0 Å². The van der Waals surface area contributed by atoms with Gasteiger partial charge in [0.2, 0.25) is 0 Å². The summed E-state index contributed by atoms with van der Waals surface area (Å²) < 4.78 is 5.94. The van der Waals surface area contributed by atoms with E-state index >= 15 is 0 Å². The molecular formula is C29H55NO4. The Hall–Kier alpha value is -1.36. The first-order valence-electron chi connectivity index (χ1n) is 14.1. The molecule has 0 rings (SSSR count). The van der Waals surface area contributed by atoms with Crippen LogP contribution in [0.15, 0.2) is 12.2 Å². The molecule has 0 saturated heterocycles. The molecule has 0 aliphatic rings. The summed E-state index contributed by atoms with van der Waals surface area (Å²) in [5.41, 5.74) is 0. The number of hydrogen-bond donors (Lipinski definition) is 0. The Labute approximate surface area is 210 Å². The lowest BCUT2D eigenvalue weighted by molar-refractivity contribution is -0.873. The second-order valence-corrected chi connectivity index (χ2v) is 10.9. The zero-order chi connectivity index (χ0) is 25.5. The van der Waals surface area contributed by atoms with E-state index in [2.05, 4.69) is 19.1 Å². The summed E-state index contributed by atoms with van der Waals surface area (Å²) >= 11 is 0. The summed E-state index contributed by atoms with van der Waals surface area (Å²) in [7, 11) is 5.85. The van der Waals surface area contributed by atoms with E-state index in [0.717, 1.165) is 19.3 Å². The van der Waals surface area contributed by atoms with Gasteiger partial charge in [-0.15, -0.1) is 0 Å². The molecule has 0 amide bonds. The van der Waals surface area contributed by atoms with Gasteiger partial charge in [0.15, 0.2) is 6.10 Å². The van der Waals surface area contributed by atoms with E-state index < -0.39 is 12.1 Å². The number of nitrogens with zero attached hydrogens (tertiary/aromatic N) is 1. The molecule has 0 saturated carbocycles. The van der Waals surface area contributed by atoms with Gasteiger partial charge >= 0.3 is 5.97 Å². The van der Waals surface area contributed by atoms with Crippen LogP contribution in [-0.4, -0.2) is 50.2 Å². The molecule has 0 aromatic rings. The summed E-state index contributed by atoms with van der Waals surface area (Å²) in [6.45, 7) is 2.73. The molecule has 0 radical (unpaired) electrons. The third-order valence-electron chi connectivity index (χ3n) is 6.09. The summed E-state index contributed by atoms with van der Waals surface area (Å²) in [6, 6.07) is 0. The van der Waals surface area contributed by atoms with Crippen molar-refractivity contribution in [3.05, 3.63) is 12.2 Å². The van der Waals surface area contributed by atoms with Crippen LogP contribution in [0.3, 0.4) is 0 Å². The number of carbonyl (C=O) groups excluding carboxylic acids is 2. The number of allylic oxidation sites excluding steroid dienone is 2. The molecule has 0 aliphatic heterocycles. The van der Waals surface area contributed by atoms with Gasteiger partial charge in [0, 0.05) is 18.8 Å². The van der Waals surface area contributed by atoms with Crippen LogP contribution in [0.4, 0.5) is 0 Å². The van der Waals surface area contributed by atoms with E-state index in [0.29, 0.717) is 17.4 Å². The van der Waals surface area contributed by atoms with E-state index in [9.17, 15) is 14.7 Å². The Balaban J connectivity index is 3.52. The van der Waals surface area contributed by atoms with E-state index in [1.807, 2.05) is 21.1 Å². The molecule has 200 valence electrons. The number of unbranched alkanes of at least 4 members (excludes halogenated alkanes) is 15. The molecule has 0 aromatic heterocycles. The minimum atomic E-state index is -1.17. The van der Waals surface area contributed by atoms with Gasteiger partial charge in [-0.05, 0) is 32.1 Å². The molecule has 1 atom stereocenters. The van der Waals surface area contributed by atoms with E-state index in [1.54, 1.807) is 0 Å². The van der Waals surface area contributed by atoms with Gasteiger partial charge in [-0.3, -0.25) is 4.79 Å². The minimum absolute atomic E-state index is 0.239. The Kier molecular flexibility index (Phi) is 21.2. The van der Waals surface area contributed by atoms with Crippen molar-refractivity contribution in [2.45, 2.75) is 135 Å². The fourth-order valence-electron chi connectivity index (χ4n) is 4.23. The Morgan fingerprint density at radius 1 is 0.735 bits per heavy atom. The molecule has 0 aliphatic carbocycles. The molecule has 5 nitrogen and oxygen atoms in total. The largest absolute Gasteiger partial charge is 0.550 e. The fourth-order valence-corrected chi connectivity index (χ4v) is 4.23. The monoisotopic (exact) mass is 481 g/mol. The number of ether oxygens (including phenoxy) is 1. The number of rotatable bonds is 24. The van der Waals surface area contributed by atoms with Crippen molar-refractivity contribution in [3.8, 4) is 0 Å². The number of carbonyl (C=O) groups is 2. The summed E-state index contributed by atoms with van der Waals surface area (Å²) in [5, 5.41) is 10.9. The number of quaternary nitrogens is 1. The van der Waals surface area contributed by atoms with E-state index in [4.69, 9.17) is 4.74 Å². The Bertz CT molecular complexity index is 525. The van der Waals surface area contributed by atoms with Crippen LogP contribution in [0.2, 0.25) is 0 Å². The average Bonchev–Trinajstić information content (AvgIpc) is 2.73. The predicted molar refractivity (Wildman–Crippen MR) is 140 cm³/mol. The number of aliphatic carboxylic acids is 1. The first kappa shape index (κ1) is 32.6. The number of likely N-dealkylation sites (N-methyl/N-ethyl adjacent to an activating group) is 1. The van der Waals surface area contributed by atoms with Gasteiger partial charge in [-0.1, -0.05) is 96.1 Å². The fraction of sp³-hybridized carbons (Fsp3) is 0.862. The average molecular weight is 482 g/mol. The number of esters is 1. The van der Waals surface area contributed by atoms with Crippen LogP contribution in [0, 0.1) is 0 Å². The van der Waals surface area contributed by atoms with Crippen LogP contribution in [0.5, 0.6) is 0 Å². The maximum atomic E-state index is 12.1. The van der Waals surface area contributed by atoms with Gasteiger partial charge in [0.05, 0.1) is 21.1 Å². The summed E-state index contributed by atoms with van der Waals surface area (Å²) in [4.78, 5) is 23.0. The molecule has 0 unspecified atom stereocenters. The van der Waals surface area contributed by atoms with Gasteiger partial charge in [0.1, 0.15) is 6.54 Å². The van der Waals surface area contributed by atoms with E-state index in [-0.39, 0.29) is 12.4 Å². The molecule has 5 heteroatoms. The van der Waals surface area contributed by atoms with Gasteiger partial charge in [-0.25, -0.2) is 0 Å². The second-order valence-electron chi connectivity index (χ2n) is 10.9. The lowest BCUT2D eigenvalue weighted by Crippen LogP contribution is -2.45. The number of carboxylic acid groups (broad SMARTS) is 1. The highest BCUT2D eigenvalue weighted by molar-refractivity contribution is 5.70. The SMILES string of the molecule is CCCCCCCC/C=C/CCCCCCCCCCCC(=O)O[C@H](CC(=O)[O-])C[N+](C)(C)C. The highest BCUT2D eigenvalue weighted by atomic mass is 16.5. The Morgan fingerprint density at radius 3 is 1.62 bits per heavy atom. The van der Waals surface area contributed by atoms with Crippen molar-refractivity contribution in [2.24, 2.45) is 0 Å². The summed E-state index contributed by atoms with van der Waals surface area (Å²) in [5.74, 6) is -1.47. The highest BCUT2D eigenvalue weighted by Gasteiger charge is 2.22. The van der Waals surface area contributed by atoms with Crippen LogP contribution in [0.1, 0.15) is 129 Å². The first-order chi connectivity index (χ1) is 16.2. The van der Waals surface area contributed by atoms with Crippen molar-refractivity contribution in [1.29, 1.82) is 0 Å². The zero-order valence-corrected chi connectivity index (χ0v) is 23.0. The lowest BCUT2D eigenvalue weighted by atomic mass is 10.1. The van der Waals surface area contributed by atoms with Crippen LogP contribution < -0.4 is 5.11 Å². The second kappa shape index (κ2) is 22.1.